The monoisotopic (exact) mass is 544 g/mol. The van der Waals surface area contributed by atoms with Gasteiger partial charge in [-0.1, -0.05) is 65.2 Å². The number of carbonyl (C=O) groups is 3. The van der Waals surface area contributed by atoms with Gasteiger partial charge in [-0.05, 0) is 48.3 Å². The zero-order valence-electron chi connectivity index (χ0n) is 22.6. The number of aliphatic hydroxyl groups excluding tert-OH is 1. The third-order valence-corrected chi connectivity index (χ3v) is 7.27. The Morgan fingerprint density at radius 1 is 1.00 bits per heavy atom. The highest BCUT2D eigenvalue weighted by molar-refractivity contribution is 5.84. The molecule has 8 nitrogen and oxygen atoms in total. The molecule has 1 aromatic rings. The van der Waals surface area contributed by atoms with Gasteiger partial charge in [0.2, 0.25) is 5.91 Å². The Balaban J connectivity index is 2.67. The van der Waals surface area contributed by atoms with Crippen LogP contribution in [0.1, 0.15) is 101 Å². The normalized spacial score (nSPS) is 18.0. The Morgan fingerprint density at radius 3 is 1.97 bits per heavy atom. The number of nitrogens with two attached hydrogens (primary N) is 1. The third-order valence-electron chi connectivity index (χ3n) is 7.27. The molecule has 11 heteroatoms. The van der Waals surface area contributed by atoms with Crippen molar-refractivity contribution in [2.24, 2.45) is 11.1 Å². The summed E-state index contributed by atoms with van der Waals surface area (Å²) in [6, 6.07) is 4.36. The van der Waals surface area contributed by atoms with Gasteiger partial charge in [0.05, 0.1) is 12.0 Å². The Hall–Kier alpha value is -2.66. The van der Waals surface area contributed by atoms with E-state index in [1.54, 1.807) is 0 Å². The number of amides is 1. The number of hydrogen-bond donors (Lipinski definition) is 3. The van der Waals surface area contributed by atoms with Crippen LogP contribution >= 0.6 is 0 Å². The molecule has 0 saturated heterocycles. The van der Waals surface area contributed by atoms with Crippen molar-refractivity contribution in [2.75, 3.05) is 6.54 Å². The van der Waals surface area contributed by atoms with E-state index in [0.717, 1.165) is 17.5 Å². The summed E-state index contributed by atoms with van der Waals surface area (Å²) in [5.41, 5.74) is 7.03. The molecule has 1 fully saturated rings. The lowest BCUT2D eigenvalue weighted by Crippen LogP contribution is -2.52. The fourth-order valence-corrected chi connectivity index (χ4v) is 5.21. The van der Waals surface area contributed by atoms with Gasteiger partial charge in [-0.25, -0.2) is 19.4 Å². The molecular formula is C27H39F3N2O6. The van der Waals surface area contributed by atoms with Crippen molar-refractivity contribution in [1.82, 2.24) is 5.32 Å². The molecule has 1 aliphatic carbocycles. The molecule has 1 unspecified atom stereocenters. The van der Waals surface area contributed by atoms with Crippen molar-refractivity contribution >= 4 is 17.8 Å². The molecule has 0 heterocycles. The van der Waals surface area contributed by atoms with Crippen LogP contribution in [0.4, 0.5) is 13.2 Å². The van der Waals surface area contributed by atoms with Crippen LogP contribution in [0.5, 0.6) is 0 Å². The molecule has 2 rings (SSSR count). The van der Waals surface area contributed by atoms with Crippen molar-refractivity contribution < 1.29 is 42.4 Å². The Kier molecular flexibility index (Phi) is 10.7. The Morgan fingerprint density at radius 2 is 1.53 bits per heavy atom. The van der Waals surface area contributed by atoms with Crippen LogP contribution in [0.15, 0.2) is 18.2 Å². The minimum Gasteiger partial charge on any atom is -0.391 e. The minimum absolute atomic E-state index is 0.0385. The van der Waals surface area contributed by atoms with Crippen molar-refractivity contribution in [2.45, 2.75) is 103 Å². The van der Waals surface area contributed by atoms with Gasteiger partial charge in [0.25, 0.3) is 0 Å². The molecule has 0 bridgehead atoms. The van der Waals surface area contributed by atoms with Crippen LogP contribution in [0.25, 0.3) is 0 Å². The van der Waals surface area contributed by atoms with E-state index in [4.69, 9.17) is 5.73 Å². The quantitative estimate of drug-likeness (QED) is 0.311. The topological polar surface area (TPSA) is 128 Å². The number of carbonyl (C=O) groups excluding carboxylic acids is 3. The van der Waals surface area contributed by atoms with Crippen molar-refractivity contribution in [3.8, 4) is 0 Å². The van der Waals surface area contributed by atoms with Gasteiger partial charge in [-0.15, -0.1) is 0 Å². The lowest BCUT2D eigenvalue weighted by Gasteiger charge is -2.44. The van der Waals surface area contributed by atoms with Gasteiger partial charge in [0.15, 0.2) is 0 Å². The first-order valence-corrected chi connectivity index (χ1v) is 13.0. The first-order valence-electron chi connectivity index (χ1n) is 13.0. The van der Waals surface area contributed by atoms with Crippen LogP contribution < -0.4 is 11.1 Å². The van der Waals surface area contributed by atoms with Gasteiger partial charge in [0.1, 0.15) is 6.04 Å². The van der Waals surface area contributed by atoms with E-state index in [1.165, 1.54) is 6.92 Å². The SMILES string of the molecule is CC(C)c1cccc(C(C)C)c1C(C(=O)OOC(=O)C(F)(F)F)C1(CNC(=O)[C@@H](N)[C@@H](C)O)CCCCC1. The molecule has 0 aromatic heterocycles. The molecule has 1 aliphatic rings. The molecule has 4 N–H and O–H groups in total. The fraction of sp³-hybridized carbons (Fsp3) is 0.667. The first-order chi connectivity index (χ1) is 17.6. The second kappa shape index (κ2) is 12.9. The predicted octanol–water partition coefficient (Wildman–Crippen LogP) is 4.36. The highest BCUT2D eigenvalue weighted by Gasteiger charge is 2.50. The van der Waals surface area contributed by atoms with Gasteiger partial charge in [-0.2, -0.15) is 13.2 Å². The maximum absolute atomic E-state index is 13.7. The van der Waals surface area contributed by atoms with Crippen LogP contribution in [0.3, 0.4) is 0 Å². The molecule has 0 radical (unpaired) electrons. The van der Waals surface area contributed by atoms with E-state index >= 15 is 0 Å². The van der Waals surface area contributed by atoms with Crippen molar-refractivity contribution in [3.63, 3.8) is 0 Å². The smallest absolute Gasteiger partial charge is 0.391 e. The molecule has 1 amide bonds. The minimum atomic E-state index is -5.34. The summed E-state index contributed by atoms with van der Waals surface area (Å²) in [7, 11) is 0. The second-order valence-corrected chi connectivity index (χ2v) is 10.8. The zero-order valence-corrected chi connectivity index (χ0v) is 22.6. The number of alkyl halides is 3. The maximum Gasteiger partial charge on any atom is 0.495 e. The van der Waals surface area contributed by atoms with Gasteiger partial charge in [-0.3, -0.25) is 4.79 Å². The summed E-state index contributed by atoms with van der Waals surface area (Å²) in [4.78, 5) is 46.3. The van der Waals surface area contributed by atoms with Crippen molar-refractivity contribution in [1.29, 1.82) is 0 Å². The molecule has 3 atom stereocenters. The molecule has 38 heavy (non-hydrogen) atoms. The number of rotatable bonds is 9. The summed E-state index contributed by atoms with van der Waals surface area (Å²) >= 11 is 0. The summed E-state index contributed by atoms with van der Waals surface area (Å²) < 4.78 is 38.4. The zero-order chi connectivity index (χ0) is 28.8. The summed E-state index contributed by atoms with van der Waals surface area (Å²) in [6.07, 6.45) is -3.29. The maximum atomic E-state index is 13.7. The third kappa shape index (κ3) is 7.47. The van der Waals surface area contributed by atoms with E-state index in [-0.39, 0.29) is 18.4 Å². The van der Waals surface area contributed by atoms with Crippen LogP contribution in [-0.2, 0) is 24.2 Å². The number of hydrogen-bond acceptors (Lipinski definition) is 7. The van der Waals surface area contributed by atoms with E-state index in [9.17, 15) is 32.7 Å². The average Bonchev–Trinajstić information content (AvgIpc) is 2.85. The first kappa shape index (κ1) is 31.6. The largest absolute Gasteiger partial charge is 0.495 e. The van der Waals surface area contributed by atoms with Gasteiger partial charge < -0.3 is 16.2 Å². The molecule has 0 aliphatic heterocycles. The molecule has 1 saturated carbocycles. The molecular weight excluding hydrogens is 505 g/mol. The molecule has 1 aromatic carbocycles. The standard InChI is InChI=1S/C27H39F3N2O6/c1-15(2)18-10-9-11-19(16(3)4)20(18)21(24(35)37-38-25(36)27(28,29)30)26(12-7-6-8-13-26)14-32-23(34)22(31)17(5)33/h9-11,15-17,21-22,33H,6-8,12-14,31H2,1-5H3,(H,32,34)/t17-,21?,22+/m1/s1. The second-order valence-electron chi connectivity index (χ2n) is 10.8. The fourth-order valence-electron chi connectivity index (χ4n) is 5.21. The lowest BCUT2D eigenvalue weighted by atomic mass is 9.61. The van der Waals surface area contributed by atoms with E-state index in [0.29, 0.717) is 31.2 Å². The van der Waals surface area contributed by atoms with Crippen LogP contribution in [-0.4, -0.2) is 47.8 Å². The van der Waals surface area contributed by atoms with E-state index < -0.39 is 47.5 Å². The van der Waals surface area contributed by atoms with Gasteiger partial charge in [0, 0.05) is 12.0 Å². The van der Waals surface area contributed by atoms with E-state index in [1.807, 2.05) is 45.9 Å². The predicted molar refractivity (Wildman–Crippen MR) is 134 cm³/mol. The van der Waals surface area contributed by atoms with E-state index in [2.05, 4.69) is 15.1 Å². The summed E-state index contributed by atoms with van der Waals surface area (Å²) in [5, 5.41) is 12.5. The lowest BCUT2D eigenvalue weighted by molar-refractivity contribution is -0.288. The Labute approximate surface area is 221 Å². The highest BCUT2D eigenvalue weighted by atomic mass is 19.4. The van der Waals surface area contributed by atoms with Gasteiger partial charge >= 0.3 is 18.1 Å². The van der Waals surface area contributed by atoms with Crippen molar-refractivity contribution in [3.05, 3.63) is 34.9 Å². The number of nitrogens with one attached hydrogen (secondary N) is 1. The Bertz CT molecular complexity index is 961. The average molecular weight is 545 g/mol. The molecule has 0 spiro atoms. The molecule has 214 valence electrons. The number of aliphatic hydroxyl groups is 1. The van der Waals surface area contributed by atoms with Crippen LogP contribution in [0.2, 0.25) is 0 Å². The summed E-state index contributed by atoms with van der Waals surface area (Å²) in [5.74, 6) is -5.68. The van der Waals surface area contributed by atoms with Crippen LogP contribution in [0, 0.1) is 5.41 Å². The number of halogens is 3. The summed E-state index contributed by atoms with van der Waals surface area (Å²) in [6.45, 7) is 9.09. The highest BCUT2D eigenvalue weighted by Crippen LogP contribution is 2.51. The number of benzene rings is 1.